The molecule has 0 radical (unpaired) electrons. The molecule has 0 aliphatic carbocycles. The van der Waals surface area contributed by atoms with E-state index in [2.05, 4.69) is 43.2 Å². The summed E-state index contributed by atoms with van der Waals surface area (Å²) < 4.78 is 29.2. The van der Waals surface area contributed by atoms with Crippen LogP contribution in [0.5, 0.6) is 0 Å². The van der Waals surface area contributed by atoms with Gasteiger partial charge in [0, 0.05) is 11.7 Å². The summed E-state index contributed by atoms with van der Waals surface area (Å²) in [5, 5.41) is 10.1. The van der Waals surface area contributed by atoms with E-state index in [1.807, 2.05) is 78.9 Å². The van der Waals surface area contributed by atoms with E-state index in [0.29, 0.717) is 11.0 Å². The van der Waals surface area contributed by atoms with Gasteiger partial charge in [0.15, 0.2) is 0 Å². The molecular weight excluding hydrogens is 529 g/mol. The standard InChI is InChI=1S/C30H30N3O2PS2/c1-30(2,3)24-20-18-23(19-21-24)29(22-38(34,35)33-28-17-11-10-16-27(28)31-32-33)36(37,25-12-6-4-7-13-25)26-14-8-5-9-15-26/h4-21,29H,22H2,1-3H3/t29-/m0/s1. The van der Waals surface area contributed by atoms with Gasteiger partial charge in [-0.3, -0.25) is 0 Å². The first-order chi connectivity index (χ1) is 18.1. The fourth-order valence-corrected chi connectivity index (χ4v) is 12.0. The summed E-state index contributed by atoms with van der Waals surface area (Å²) in [6.07, 6.45) is 0. The molecule has 0 amide bonds. The Morgan fingerprint density at radius 1 is 0.789 bits per heavy atom. The van der Waals surface area contributed by atoms with Crippen LogP contribution in [0.3, 0.4) is 0 Å². The SMILES string of the molecule is CC(C)(C)c1ccc([C@H](CS(=O)(=O)n2nnc3ccccc32)P(=S)(c2ccccc2)c2ccccc2)cc1. The van der Waals surface area contributed by atoms with Crippen molar-refractivity contribution < 1.29 is 8.42 Å². The molecule has 8 heteroatoms. The molecule has 0 spiro atoms. The monoisotopic (exact) mass is 559 g/mol. The third-order valence-corrected chi connectivity index (χ3v) is 14.1. The minimum absolute atomic E-state index is 0.0290. The van der Waals surface area contributed by atoms with Crippen LogP contribution in [-0.4, -0.2) is 28.6 Å². The van der Waals surface area contributed by atoms with Crippen LogP contribution in [0.4, 0.5) is 0 Å². The quantitative estimate of drug-likeness (QED) is 0.237. The highest BCUT2D eigenvalue weighted by molar-refractivity contribution is 8.22. The van der Waals surface area contributed by atoms with Gasteiger partial charge in [-0.15, -0.1) is 9.19 Å². The van der Waals surface area contributed by atoms with E-state index in [0.717, 1.165) is 20.3 Å². The zero-order valence-electron chi connectivity index (χ0n) is 21.6. The van der Waals surface area contributed by atoms with Crippen molar-refractivity contribution in [1.29, 1.82) is 0 Å². The zero-order chi connectivity index (χ0) is 27.0. The minimum Gasteiger partial charge on any atom is -0.205 e. The van der Waals surface area contributed by atoms with Gasteiger partial charge in [0.2, 0.25) is 0 Å². The second kappa shape index (κ2) is 10.2. The maximum atomic E-state index is 14.1. The molecular formula is C30H30N3O2PS2. The lowest BCUT2D eigenvalue weighted by Gasteiger charge is -2.33. The summed E-state index contributed by atoms with van der Waals surface area (Å²) in [6.45, 7) is 6.49. The van der Waals surface area contributed by atoms with E-state index in [4.69, 9.17) is 11.8 Å². The Morgan fingerprint density at radius 2 is 1.32 bits per heavy atom. The van der Waals surface area contributed by atoms with Crippen LogP contribution < -0.4 is 10.6 Å². The van der Waals surface area contributed by atoms with Crippen molar-refractivity contribution in [2.45, 2.75) is 31.8 Å². The number of para-hydroxylation sites is 1. The number of nitrogens with zero attached hydrogens (tertiary/aromatic N) is 3. The molecule has 194 valence electrons. The van der Waals surface area contributed by atoms with Gasteiger partial charge in [-0.25, -0.2) is 8.42 Å². The maximum absolute atomic E-state index is 14.1. The van der Waals surface area contributed by atoms with E-state index in [1.165, 1.54) is 5.56 Å². The second-order valence-electron chi connectivity index (χ2n) is 10.4. The van der Waals surface area contributed by atoms with Crippen LogP contribution in [0, 0.1) is 0 Å². The van der Waals surface area contributed by atoms with Crippen LogP contribution in [0.25, 0.3) is 11.0 Å². The predicted octanol–water partition coefficient (Wildman–Crippen LogP) is 5.78. The molecule has 1 aromatic heterocycles. The number of benzene rings is 4. The molecule has 0 aliphatic rings. The Kier molecular flexibility index (Phi) is 7.12. The number of rotatable bonds is 7. The minimum atomic E-state index is -3.92. The fourth-order valence-electron chi connectivity index (χ4n) is 4.75. The molecule has 1 heterocycles. The highest BCUT2D eigenvalue weighted by Gasteiger charge is 2.38. The van der Waals surface area contributed by atoms with Gasteiger partial charge in [-0.05, 0) is 39.3 Å². The molecule has 1 atom stereocenters. The maximum Gasteiger partial charge on any atom is 0.256 e. The van der Waals surface area contributed by atoms with E-state index in [9.17, 15) is 8.42 Å². The number of fused-ring (bicyclic) bond motifs is 1. The van der Waals surface area contributed by atoms with Crippen molar-refractivity contribution in [2.75, 3.05) is 5.75 Å². The number of hydrogen-bond acceptors (Lipinski definition) is 5. The summed E-state index contributed by atoms with van der Waals surface area (Å²) in [6, 6.07) is 32.6. The van der Waals surface area contributed by atoms with Gasteiger partial charge in [0.25, 0.3) is 10.0 Å². The van der Waals surface area contributed by atoms with Crippen molar-refractivity contribution >= 4 is 49.5 Å². The summed E-state index contributed by atoms with van der Waals surface area (Å²) in [5.74, 6) is -0.198. The van der Waals surface area contributed by atoms with E-state index in [1.54, 1.807) is 18.2 Å². The Bertz CT molecular complexity index is 1670. The normalized spacial score (nSPS) is 13.4. The van der Waals surface area contributed by atoms with Crippen molar-refractivity contribution in [3.8, 4) is 0 Å². The Balaban J connectivity index is 1.72. The van der Waals surface area contributed by atoms with Crippen LogP contribution in [0.15, 0.2) is 109 Å². The topological polar surface area (TPSA) is 64.8 Å². The molecule has 0 bridgehead atoms. The van der Waals surface area contributed by atoms with Crippen LogP contribution in [0.1, 0.15) is 37.6 Å². The summed E-state index contributed by atoms with van der Waals surface area (Å²) in [7, 11) is -3.92. The fraction of sp³-hybridized carbons (Fsp3) is 0.200. The molecule has 0 N–H and O–H groups in total. The van der Waals surface area contributed by atoms with Gasteiger partial charge >= 0.3 is 0 Å². The molecule has 4 aromatic carbocycles. The van der Waals surface area contributed by atoms with Crippen molar-refractivity contribution in [2.24, 2.45) is 0 Å². The molecule has 38 heavy (non-hydrogen) atoms. The molecule has 0 saturated carbocycles. The van der Waals surface area contributed by atoms with Crippen LogP contribution in [-0.2, 0) is 27.2 Å². The number of hydrogen-bond donors (Lipinski definition) is 0. The summed E-state index contributed by atoms with van der Waals surface area (Å²) in [4.78, 5) is 0. The van der Waals surface area contributed by atoms with Gasteiger partial charge in [-0.2, -0.15) is 0 Å². The lowest BCUT2D eigenvalue weighted by Crippen LogP contribution is -2.29. The average Bonchev–Trinajstić information content (AvgIpc) is 3.37. The predicted molar refractivity (Wildman–Crippen MR) is 161 cm³/mol. The first-order valence-corrected chi connectivity index (χ1v) is 16.9. The Morgan fingerprint density at radius 3 is 1.87 bits per heavy atom. The van der Waals surface area contributed by atoms with Crippen molar-refractivity contribution in [1.82, 2.24) is 14.4 Å². The molecule has 5 aromatic rings. The van der Waals surface area contributed by atoms with Crippen molar-refractivity contribution in [3.63, 3.8) is 0 Å². The lowest BCUT2D eigenvalue weighted by molar-refractivity contribution is 0.577. The second-order valence-corrected chi connectivity index (χ2v) is 17.0. The lowest BCUT2D eigenvalue weighted by atomic mass is 9.86. The Hall–Kier alpha value is -3.12. The first kappa shape index (κ1) is 26.5. The molecule has 0 aliphatic heterocycles. The summed E-state index contributed by atoms with van der Waals surface area (Å²) >= 11 is 6.64. The highest BCUT2D eigenvalue weighted by atomic mass is 32.4. The molecule has 0 unspecified atom stereocenters. The highest BCUT2D eigenvalue weighted by Crippen LogP contribution is 2.58. The molecule has 5 nitrogen and oxygen atoms in total. The van der Waals surface area contributed by atoms with Crippen molar-refractivity contribution in [3.05, 3.63) is 120 Å². The first-order valence-electron chi connectivity index (χ1n) is 12.5. The zero-order valence-corrected chi connectivity index (χ0v) is 24.1. The van der Waals surface area contributed by atoms with Gasteiger partial charge in [0.05, 0.1) is 5.75 Å². The van der Waals surface area contributed by atoms with Gasteiger partial charge < -0.3 is 0 Å². The van der Waals surface area contributed by atoms with E-state index >= 15 is 0 Å². The van der Waals surface area contributed by atoms with E-state index in [-0.39, 0.29) is 11.2 Å². The van der Waals surface area contributed by atoms with Crippen LogP contribution >= 0.6 is 6.04 Å². The van der Waals surface area contributed by atoms with Gasteiger partial charge in [-0.1, -0.05) is 135 Å². The smallest absolute Gasteiger partial charge is 0.205 e. The molecule has 0 saturated heterocycles. The largest absolute Gasteiger partial charge is 0.256 e. The van der Waals surface area contributed by atoms with E-state index < -0.39 is 21.7 Å². The molecule has 5 rings (SSSR count). The molecule has 0 fully saturated rings. The van der Waals surface area contributed by atoms with Crippen LogP contribution in [0.2, 0.25) is 0 Å². The summed E-state index contributed by atoms with van der Waals surface area (Å²) in [5.41, 5.74) is 2.57. The third-order valence-electron chi connectivity index (χ3n) is 6.83. The third kappa shape index (κ3) is 4.98. The number of aromatic nitrogens is 3. The average molecular weight is 560 g/mol. The Labute approximate surface area is 229 Å². The van der Waals surface area contributed by atoms with Gasteiger partial charge in [0.1, 0.15) is 11.0 Å².